The first-order valence-corrected chi connectivity index (χ1v) is 22.5. The van der Waals surface area contributed by atoms with Crippen molar-refractivity contribution in [1.82, 2.24) is 0 Å². The van der Waals surface area contributed by atoms with E-state index in [1.807, 2.05) is 0 Å². The summed E-state index contributed by atoms with van der Waals surface area (Å²) in [6.07, 6.45) is 50.2. The molecule has 0 aromatic rings. The molecule has 0 bridgehead atoms. The highest BCUT2D eigenvalue weighted by Gasteiger charge is 2.17. The number of carbonyl (C=O) groups excluding carboxylic acids is 2. The molecule has 0 amide bonds. The summed E-state index contributed by atoms with van der Waals surface area (Å²) in [7, 11) is 0. The van der Waals surface area contributed by atoms with E-state index in [0.29, 0.717) is 19.4 Å². The van der Waals surface area contributed by atoms with Crippen LogP contribution in [-0.4, -0.2) is 37.9 Å². The fourth-order valence-electron chi connectivity index (χ4n) is 6.24. The van der Waals surface area contributed by atoms with Gasteiger partial charge in [-0.15, -0.1) is 0 Å². The second-order valence-electron chi connectivity index (χ2n) is 15.0. The minimum absolute atomic E-state index is 0.0805. The lowest BCUT2D eigenvalue weighted by Gasteiger charge is -2.18. The van der Waals surface area contributed by atoms with Crippen molar-refractivity contribution >= 4 is 11.9 Å². The van der Waals surface area contributed by atoms with E-state index in [9.17, 15) is 9.59 Å². The molecule has 0 radical (unpaired) electrons. The smallest absolute Gasteiger partial charge is 0.306 e. The monoisotopic (exact) mass is 731 g/mol. The van der Waals surface area contributed by atoms with Gasteiger partial charge in [-0.1, -0.05) is 173 Å². The molecular formula is C47H86O5. The Morgan fingerprint density at radius 2 is 0.808 bits per heavy atom. The molecule has 0 saturated carbocycles. The second-order valence-corrected chi connectivity index (χ2v) is 15.0. The number of hydrogen-bond acceptors (Lipinski definition) is 5. The molecule has 0 spiro atoms. The molecule has 52 heavy (non-hydrogen) atoms. The first kappa shape index (κ1) is 50.1. The lowest BCUT2D eigenvalue weighted by molar-refractivity contribution is -0.163. The van der Waals surface area contributed by atoms with Crippen molar-refractivity contribution in [2.75, 3.05) is 19.8 Å². The zero-order valence-corrected chi connectivity index (χ0v) is 34.8. The van der Waals surface area contributed by atoms with Crippen molar-refractivity contribution in [1.29, 1.82) is 0 Å². The van der Waals surface area contributed by atoms with Gasteiger partial charge < -0.3 is 14.2 Å². The van der Waals surface area contributed by atoms with Gasteiger partial charge in [0.05, 0.1) is 6.61 Å². The summed E-state index contributed by atoms with van der Waals surface area (Å²) in [6, 6.07) is 0. The highest BCUT2D eigenvalue weighted by molar-refractivity contribution is 5.70. The number of allylic oxidation sites excluding steroid dienone is 6. The van der Waals surface area contributed by atoms with Gasteiger partial charge in [0.1, 0.15) is 6.61 Å². The second kappa shape index (κ2) is 43.5. The molecule has 0 aliphatic heterocycles. The molecule has 0 rings (SSSR count). The minimum Gasteiger partial charge on any atom is -0.462 e. The summed E-state index contributed by atoms with van der Waals surface area (Å²) in [5.41, 5.74) is 0. The number of carbonyl (C=O) groups is 2. The Morgan fingerprint density at radius 3 is 1.35 bits per heavy atom. The average molecular weight is 731 g/mol. The van der Waals surface area contributed by atoms with Crippen molar-refractivity contribution in [3.05, 3.63) is 36.5 Å². The largest absolute Gasteiger partial charge is 0.462 e. The maximum atomic E-state index is 12.5. The number of hydrogen-bond donors (Lipinski definition) is 0. The summed E-state index contributed by atoms with van der Waals surface area (Å²) in [4.78, 5) is 25.0. The summed E-state index contributed by atoms with van der Waals surface area (Å²) in [6.45, 7) is 7.71. The van der Waals surface area contributed by atoms with Crippen molar-refractivity contribution < 1.29 is 23.8 Å². The Morgan fingerprint density at radius 1 is 0.423 bits per heavy atom. The topological polar surface area (TPSA) is 61.8 Å². The van der Waals surface area contributed by atoms with E-state index < -0.39 is 6.10 Å². The Balaban J connectivity index is 4.06. The van der Waals surface area contributed by atoms with Crippen LogP contribution < -0.4 is 0 Å². The lowest BCUT2D eigenvalue weighted by atomic mass is 10.1. The van der Waals surface area contributed by atoms with Gasteiger partial charge in [0, 0.05) is 19.4 Å². The van der Waals surface area contributed by atoms with Gasteiger partial charge in [-0.05, 0) is 77.0 Å². The third kappa shape index (κ3) is 40.9. The molecule has 1 unspecified atom stereocenters. The maximum absolute atomic E-state index is 12.5. The Hall–Kier alpha value is -1.88. The van der Waals surface area contributed by atoms with Crippen LogP contribution in [-0.2, 0) is 23.8 Å². The van der Waals surface area contributed by atoms with Crippen molar-refractivity contribution in [2.24, 2.45) is 0 Å². The van der Waals surface area contributed by atoms with Crippen LogP contribution in [0, 0.1) is 0 Å². The van der Waals surface area contributed by atoms with E-state index in [1.165, 1.54) is 128 Å². The zero-order valence-electron chi connectivity index (χ0n) is 34.8. The predicted octanol–water partition coefficient (Wildman–Crippen LogP) is 14.7. The van der Waals surface area contributed by atoms with Gasteiger partial charge in [-0.25, -0.2) is 0 Å². The van der Waals surface area contributed by atoms with Gasteiger partial charge in [0.25, 0.3) is 0 Å². The predicted molar refractivity (Wildman–Crippen MR) is 224 cm³/mol. The number of esters is 2. The fraction of sp³-hybridized carbons (Fsp3) is 0.830. The molecule has 0 aliphatic rings. The first-order valence-electron chi connectivity index (χ1n) is 22.5. The summed E-state index contributed by atoms with van der Waals surface area (Å²) in [5.74, 6) is -0.419. The van der Waals surface area contributed by atoms with Gasteiger partial charge in [-0.2, -0.15) is 0 Å². The van der Waals surface area contributed by atoms with Crippen LogP contribution in [0.3, 0.4) is 0 Å². The summed E-state index contributed by atoms with van der Waals surface area (Å²) < 4.78 is 17.2. The molecule has 1 atom stereocenters. The van der Waals surface area contributed by atoms with E-state index in [4.69, 9.17) is 14.2 Å². The van der Waals surface area contributed by atoms with E-state index >= 15 is 0 Å². The zero-order chi connectivity index (χ0) is 37.8. The molecular weight excluding hydrogens is 645 g/mol. The van der Waals surface area contributed by atoms with E-state index in [0.717, 1.165) is 64.2 Å². The van der Waals surface area contributed by atoms with Gasteiger partial charge >= 0.3 is 11.9 Å². The maximum Gasteiger partial charge on any atom is 0.306 e. The van der Waals surface area contributed by atoms with E-state index in [-0.39, 0.29) is 25.2 Å². The number of rotatable bonds is 41. The third-order valence-electron chi connectivity index (χ3n) is 9.65. The van der Waals surface area contributed by atoms with Crippen molar-refractivity contribution in [3.8, 4) is 0 Å². The van der Waals surface area contributed by atoms with Crippen molar-refractivity contribution in [3.63, 3.8) is 0 Å². The Labute approximate surface area is 323 Å². The third-order valence-corrected chi connectivity index (χ3v) is 9.65. The first-order chi connectivity index (χ1) is 25.6. The quantitative estimate of drug-likeness (QED) is 0.0356. The van der Waals surface area contributed by atoms with Gasteiger partial charge in [-0.3, -0.25) is 9.59 Å². The van der Waals surface area contributed by atoms with E-state index in [1.54, 1.807) is 0 Å². The highest BCUT2D eigenvalue weighted by atomic mass is 16.6. The van der Waals surface area contributed by atoms with Crippen LogP contribution in [0.5, 0.6) is 0 Å². The van der Waals surface area contributed by atoms with Gasteiger partial charge in [0.15, 0.2) is 6.10 Å². The molecule has 0 aromatic carbocycles. The molecule has 304 valence electrons. The standard InChI is InChI=1S/C47H86O5/c1-4-7-10-13-15-17-19-21-22-23-24-25-27-29-31-33-36-39-42-50-43-45(52-47(49)41-38-34-12-9-6-3)44-51-46(48)40-37-35-32-30-28-26-20-18-16-14-11-8-5-2/h15,17-18,20-22,45H,4-14,16,19,23-44H2,1-3H3/b17-15-,20-18-,22-21-. The molecule has 5 nitrogen and oxygen atoms in total. The van der Waals surface area contributed by atoms with E-state index in [2.05, 4.69) is 57.2 Å². The SMILES string of the molecule is CCCCC/C=C\C/C=C\CCCCCCCCCCOCC(COC(=O)CCCCCCC/C=C\CCCCCC)OC(=O)CCCCCCC. The van der Waals surface area contributed by atoms with Crippen LogP contribution >= 0.6 is 0 Å². The molecule has 0 fully saturated rings. The molecule has 0 N–H and O–H groups in total. The fourth-order valence-corrected chi connectivity index (χ4v) is 6.24. The van der Waals surface area contributed by atoms with Crippen molar-refractivity contribution in [2.45, 2.75) is 232 Å². The van der Waals surface area contributed by atoms with Crippen LogP contribution in [0.2, 0.25) is 0 Å². The normalized spacial score (nSPS) is 12.4. The van der Waals surface area contributed by atoms with Crippen LogP contribution in [0.15, 0.2) is 36.5 Å². The Kier molecular flexibility index (Phi) is 42.0. The minimum atomic E-state index is -0.534. The van der Waals surface area contributed by atoms with Gasteiger partial charge in [0.2, 0.25) is 0 Å². The molecule has 5 heteroatoms. The van der Waals surface area contributed by atoms with Crippen LogP contribution in [0.1, 0.15) is 226 Å². The number of ether oxygens (including phenoxy) is 3. The molecule has 0 saturated heterocycles. The van der Waals surface area contributed by atoms with Crippen LogP contribution in [0.4, 0.5) is 0 Å². The summed E-state index contributed by atoms with van der Waals surface area (Å²) >= 11 is 0. The highest BCUT2D eigenvalue weighted by Crippen LogP contribution is 2.13. The Bertz CT molecular complexity index is 832. The summed E-state index contributed by atoms with van der Waals surface area (Å²) in [5, 5.41) is 0. The average Bonchev–Trinajstić information content (AvgIpc) is 3.14. The molecule has 0 heterocycles. The molecule has 0 aromatic heterocycles. The molecule has 0 aliphatic carbocycles. The lowest BCUT2D eigenvalue weighted by Crippen LogP contribution is -2.30. The van der Waals surface area contributed by atoms with Crippen LogP contribution in [0.25, 0.3) is 0 Å². The number of unbranched alkanes of at least 4 members (excludes halogenated alkanes) is 24.